The van der Waals surface area contributed by atoms with Gasteiger partial charge in [-0.05, 0) is 31.4 Å². The molecular formula is C14H20O3. The van der Waals surface area contributed by atoms with Gasteiger partial charge in [0.25, 0.3) is 0 Å². The van der Waals surface area contributed by atoms with Crippen LogP contribution in [0.1, 0.15) is 25.7 Å². The fourth-order valence-corrected chi connectivity index (χ4v) is 2.08. The molecule has 3 nitrogen and oxygen atoms in total. The van der Waals surface area contributed by atoms with Crippen molar-refractivity contribution in [3.8, 4) is 5.75 Å². The van der Waals surface area contributed by atoms with E-state index in [0.29, 0.717) is 13.0 Å². The average molecular weight is 236 g/mol. The van der Waals surface area contributed by atoms with Gasteiger partial charge >= 0.3 is 0 Å². The topological polar surface area (TPSA) is 38.7 Å². The summed E-state index contributed by atoms with van der Waals surface area (Å²) in [6.45, 7) is 1.40. The van der Waals surface area contributed by atoms with Crippen molar-refractivity contribution in [2.24, 2.45) is 0 Å². The molecule has 1 aliphatic heterocycles. The Hall–Kier alpha value is -1.06. The van der Waals surface area contributed by atoms with E-state index < -0.39 is 0 Å². The van der Waals surface area contributed by atoms with Crippen LogP contribution < -0.4 is 4.74 Å². The van der Waals surface area contributed by atoms with E-state index in [2.05, 4.69) is 0 Å². The Balaban J connectivity index is 1.61. The number of aliphatic hydroxyl groups is 1. The van der Waals surface area contributed by atoms with Gasteiger partial charge in [-0.1, -0.05) is 18.2 Å². The van der Waals surface area contributed by atoms with Crippen molar-refractivity contribution in [2.45, 2.75) is 37.9 Å². The van der Waals surface area contributed by atoms with E-state index >= 15 is 0 Å². The Bertz CT molecular complexity index is 307. The van der Waals surface area contributed by atoms with E-state index in [0.717, 1.165) is 31.6 Å². The van der Waals surface area contributed by atoms with Crippen molar-refractivity contribution in [1.29, 1.82) is 0 Å². The summed E-state index contributed by atoms with van der Waals surface area (Å²) in [5.41, 5.74) is 0. The minimum Gasteiger partial charge on any atom is -0.493 e. The molecule has 17 heavy (non-hydrogen) atoms. The third-order valence-corrected chi connectivity index (χ3v) is 3.02. The molecule has 0 aromatic heterocycles. The highest BCUT2D eigenvalue weighted by molar-refractivity contribution is 5.20. The summed E-state index contributed by atoms with van der Waals surface area (Å²) >= 11 is 0. The SMILES string of the molecule is OC(CCOc1ccccc1)CC1CCCO1. The van der Waals surface area contributed by atoms with E-state index in [1.807, 2.05) is 30.3 Å². The van der Waals surface area contributed by atoms with Crippen LogP contribution in [-0.2, 0) is 4.74 Å². The van der Waals surface area contributed by atoms with Gasteiger partial charge < -0.3 is 14.6 Å². The van der Waals surface area contributed by atoms with Gasteiger partial charge in [-0.25, -0.2) is 0 Å². The molecule has 0 saturated carbocycles. The first-order valence-corrected chi connectivity index (χ1v) is 6.32. The molecule has 0 radical (unpaired) electrons. The van der Waals surface area contributed by atoms with Gasteiger partial charge in [-0.2, -0.15) is 0 Å². The van der Waals surface area contributed by atoms with Gasteiger partial charge in [0.1, 0.15) is 5.75 Å². The van der Waals surface area contributed by atoms with E-state index in [1.165, 1.54) is 0 Å². The largest absolute Gasteiger partial charge is 0.493 e. The molecule has 2 unspecified atom stereocenters. The number of aliphatic hydroxyl groups excluding tert-OH is 1. The first kappa shape index (κ1) is 12.4. The number of hydrogen-bond donors (Lipinski definition) is 1. The summed E-state index contributed by atoms with van der Waals surface area (Å²) in [5.74, 6) is 0.858. The van der Waals surface area contributed by atoms with Crippen LogP contribution in [0.4, 0.5) is 0 Å². The molecule has 1 fully saturated rings. The number of ether oxygens (including phenoxy) is 2. The Morgan fingerprint density at radius 3 is 2.88 bits per heavy atom. The second-order valence-electron chi connectivity index (χ2n) is 4.47. The lowest BCUT2D eigenvalue weighted by atomic mass is 10.1. The minimum absolute atomic E-state index is 0.252. The Morgan fingerprint density at radius 1 is 1.35 bits per heavy atom. The summed E-state index contributed by atoms with van der Waals surface area (Å²) in [7, 11) is 0. The first-order valence-electron chi connectivity index (χ1n) is 6.32. The predicted molar refractivity (Wildman–Crippen MR) is 66.2 cm³/mol. The van der Waals surface area contributed by atoms with Crippen molar-refractivity contribution < 1.29 is 14.6 Å². The molecule has 2 atom stereocenters. The second-order valence-corrected chi connectivity index (χ2v) is 4.47. The van der Waals surface area contributed by atoms with Gasteiger partial charge in [-0.15, -0.1) is 0 Å². The van der Waals surface area contributed by atoms with Crippen LogP contribution in [0.5, 0.6) is 5.75 Å². The van der Waals surface area contributed by atoms with E-state index in [4.69, 9.17) is 9.47 Å². The van der Waals surface area contributed by atoms with Gasteiger partial charge in [0.2, 0.25) is 0 Å². The highest BCUT2D eigenvalue weighted by Crippen LogP contribution is 2.18. The van der Waals surface area contributed by atoms with Gasteiger partial charge in [0.05, 0.1) is 18.8 Å². The second kappa shape index (κ2) is 6.62. The van der Waals surface area contributed by atoms with Gasteiger partial charge in [-0.3, -0.25) is 0 Å². The maximum absolute atomic E-state index is 9.83. The highest BCUT2D eigenvalue weighted by atomic mass is 16.5. The van der Waals surface area contributed by atoms with E-state index in [9.17, 15) is 5.11 Å². The third-order valence-electron chi connectivity index (χ3n) is 3.02. The normalized spacial score (nSPS) is 21.4. The van der Waals surface area contributed by atoms with Crippen LogP contribution in [0.15, 0.2) is 30.3 Å². The lowest BCUT2D eigenvalue weighted by Crippen LogP contribution is -2.19. The van der Waals surface area contributed by atoms with Crippen LogP contribution in [0.2, 0.25) is 0 Å². The average Bonchev–Trinajstić information content (AvgIpc) is 2.83. The molecule has 94 valence electrons. The van der Waals surface area contributed by atoms with E-state index in [1.54, 1.807) is 0 Å². The molecule has 0 bridgehead atoms. The van der Waals surface area contributed by atoms with Crippen molar-refractivity contribution in [2.75, 3.05) is 13.2 Å². The number of benzene rings is 1. The zero-order valence-corrected chi connectivity index (χ0v) is 10.0. The molecule has 2 rings (SSSR count). The number of rotatable bonds is 6. The molecule has 1 N–H and O–H groups in total. The summed E-state index contributed by atoms with van der Waals surface area (Å²) < 4.78 is 11.0. The lowest BCUT2D eigenvalue weighted by molar-refractivity contribution is 0.0450. The minimum atomic E-state index is -0.318. The molecule has 1 heterocycles. The standard InChI is InChI=1S/C14H20O3/c15-12(11-14-7-4-9-16-14)8-10-17-13-5-2-1-3-6-13/h1-3,5-6,12,14-15H,4,7-11H2. The summed E-state index contributed by atoms with van der Waals surface area (Å²) in [6.07, 6.45) is 3.53. The Labute approximate surface area is 102 Å². The molecule has 0 amide bonds. The van der Waals surface area contributed by atoms with E-state index in [-0.39, 0.29) is 12.2 Å². The maximum Gasteiger partial charge on any atom is 0.119 e. The Morgan fingerprint density at radius 2 is 2.18 bits per heavy atom. The summed E-state index contributed by atoms with van der Waals surface area (Å²) in [6, 6.07) is 9.69. The number of para-hydroxylation sites is 1. The smallest absolute Gasteiger partial charge is 0.119 e. The molecule has 0 spiro atoms. The molecule has 3 heteroatoms. The van der Waals surface area contributed by atoms with Crippen LogP contribution in [0, 0.1) is 0 Å². The lowest BCUT2D eigenvalue weighted by Gasteiger charge is -2.15. The van der Waals surface area contributed by atoms with Crippen LogP contribution in [-0.4, -0.2) is 30.5 Å². The summed E-state index contributed by atoms with van der Waals surface area (Å²) in [4.78, 5) is 0. The molecule has 0 aliphatic carbocycles. The van der Waals surface area contributed by atoms with Crippen molar-refractivity contribution in [3.05, 3.63) is 30.3 Å². The van der Waals surface area contributed by atoms with Crippen LogP contribution in [0.3, 0.4) is 0 Å². The van der Waals surface area contributed by atoms with Crippen LogP contribution >= 0.6 is 0 Å². The first-order chi connectivity index (χ1) is 8.34. The molecule has 1 saturated heterocycles. The zero-order valence-electron chi connectivity index (χ0n) is 10.0. The third kappa shape index (κ3) is 4.36. The van der Waals surface area contributed by atoms with Crippen molar-refractivity contribution in [1.82, 2.24) is 0 Å². The van der Waals surface area contributed by atoms with Crippen molar-refractivity contribution in [3.63, 3.8) is 0 Å². The Kier molecular flexibility index (Phi) is 4.83. The fraction of sp³-hybridized carbons (Fsp3) is 0.571. The highest BCUT2D eigenvalue weighted by Gasteiger charge is 2.19. The van der Waals surface area contributed by atoms with Gasteiger partial charge in [0.15, 0.2) is 0 Å². The summed E-state index contributed by atoms with van der Waals surface area (Å²) in [5, 5.41) is 9.83. The molecule has 1 aromatic carbocycles. The zero-order chi connectivity index (χ0) is 11.9. The number of hydrogen-bond acceptors (Lipinski definition) is 3. The fourth-order valence-electron chi connectivity index (χ4n) is 2.08. The monoisotopic (exact) mass is 236 g/mol. The quantitative estimate of drug-likeness (QED) is 0.824. The molecule has 1 aromatic rings. The van der Waals surface area contributed by atoms with Crippen molar-refractivity contribution >= 4 is 0 Å². The van der Waals surface area contributed by atoms with Gasteiger partial charge in [0, 0.05) is 13.0 Å². The molecule has 1 aliphatic rings. The molecular weight excluding hydrogens is 216 g/mol. The van der Waals surface area contributed by atoms with Crippen LogP contribution in [0.25, 0.3) is 0 Å². The maximum atomic E-state index is 9.83. The predicted octanol–water partition coefficient (Wildman–Crippen LogP) is 2.39.